The van der Waals surface area contributed by atoms with Crippen molar-refractivity contribution in [3.8, 4) is 5.75 Å². The molecule has 0 amide bonds. The number of hydrogen-bond donors (Lipinski definition) is 0. The van der Waals surface area contributed by atoms with Crippen LogP contribution in [0.25, 0.3) is 0 Å². The molecule has 0 aromatic heterocycles. The van der Waals surface area contributed by atoms with E-state index in [0.29, 0.717) is 13.2 Å². The van der Waals surface area contributed by atoms with Gasteiger partial charge < -0.3 is 9.47 Å². The van der Waals surface area contributed by atoms with Gasteiger partial charge in [0.2, 0.25) is 0 Å². The predicted molar refractivity (Wildman–Crippen MR) is 42.6 cm³/mol. The van der Waals surface area contributed by atoms with Gasteiger partial charge >= 0.3 is 0 Å². The third-order valence-corrected chi connectivity index (χ3v) is 1.23. The first-order valence-corrected chi connectivity index (χ1v) is 3.51. The van der Waals surface area contributed by atoms with Crippen molar-refractivity contribution in [1.82, 2.24) is 0 Å². The molecule has 1 aromatic rings. The Balaban J connectivity index is 2.28. The van der Waals surface area contributed by atoms with E-state index in [1.807, 2.05) is 18.2 Å². The fourth-order valence-corrected chi connectivity index (χ4v) is 0.709. The lowest BCUT2D eigenvalue weighted by atomic mass is 10.3. The molecule has 0 atom stereocenters. The Bertz CT molecular complexity index is 184. The lowest BCUT2D eigenvalue weighted by Crippen LogP contribution is -2.03. The van der Waals surface area contributed by atoms with Gasteiger partial charge in [0.15, 0.2) is 0 Å². The van der Waals surface area contributed by atoms with Crippen molar-refractivity contribution >= 4 is 0 Å². The smallest absolute Gasteiger partial charge is 0.120 e. The fourth-order valence-electron chi connectivity index (χ4n) is 0.709. The Hall–Kier alpha value is -1.02. The lowest BCUT2D eigenvalue weighted by molar-refractivity contribution is 0.146. The minimum absolute atomic E-state index is 0.592. The van der Waals surface area contributed by atoms with Crippen LogP contribution in [0.15, 0.2) is 24.3 Å². The summed E-state index contributed by atoms with van der Waals surface area (Å²) < 4.78 is 10.1. The summed E-state index contributed by atoms with van der Waals surface area (Å²) in [4.78, 5) is 0. The number of benzene rings is 1. The third kappa shape index (κ3) is 3.05. The Morgan fingerprint density at radius 3 is 3.00 bits per heavy atom. The molecule has 2 nitrogen and oxygen atoms in total. The van der Waals surface area contributed by atoms with Crippen molar-refractivity contribution in [2.45, 2.75) is 0 Å². The van der Waals surface area contributed by atoms with E-state index < -0.39 is 0 Å². The summed E-state index contributed by atoms with van der Waals surface area (Å²) in [6.07, 6.45) is 0. The van der Waals surface area contributed by atoms with Crippen LogP contribution >= 0.6 is 0 Å². The third-order valence-electron chi connectivity index (χ3n) is 1.23. The van der Waals surface area contributed by atoms with Crippen molar-refractivity contribution in [2.75, 3.05) is 20.3 Å². The topological polar surface area (TPSA) is 18.5 Å². The molecule has 11 heavy (non-hydrogen) atoms. The zero-order valence-corrected chi connectivity index (χ0v) is 6.54. The highest BCUT2D eigenvalue weighted by molar-refractivity contribution is 5.19. The molecule has 1 rings (SSSR count). The Labute approximate surface area is 66.8 Å². The highest BCUT2D eigenvalue weighted by Gasteiger charge is 1.88. The van der Waals surface area contributed by atoms with Crippen LogP contribution in [0.1, 0.15) is 0 Å². The van der Waals surface area contributed by atoms with Gasteiger partial charge in [-0.25, -0.2) is 0 Å². The minimum atomic E-state index is 0.592. The summed E-state index contributed by atoms with van der Waals surface area (Å²) in [6.45, 7) is 1.21. The SMILES string of the molecule is COCCOc1c[c]ccc1. The molecule has 0 N–H and O–H groups in total. The second-order valence-electron chi connectivity index (χ2n) is 2.08. The predicted octanol–water partition coefficient (Wildman–Crippen LogP) is 1.51. The zero-order chi connectivity index (χ0) is 7.94. The highest BCUT2D eigenvalue weighted by Crippen LogP contribution is 2.06. The maximum Gasteiger partial charge on any atom is 0.120 e. The molecule has 0 fully saturated rings. The van der Waals surface area contributed by atoms with Gasteiger partial charge in [0, 0.05) is 7.11 Å². The van der Waals surface area contributed by atoms with Crippen molar-refractivity contribution < 1.29 is 9.47 Å². The molecule has 0 aliphatic carbocycles. The van der Waals surface area contributed by atoms with E-state index in [1.54, 1.807) is 13.2 Å². The summed E-state index contributed by atoms with van der Waals surface area (Å²) in [5, 5.41) is 0. The lowest BCUT2D eigenvalue weighted by Gasteiger charge is -2.03. The Morgan fingerprint density at radius 2 is 2.36 bits per heavy atom. The van der Waals surface area contributed by atoms with Crippen molar-refractivity contribution in [3.63, 3.8) is 0 Å². The van der Waals surface area contributed by atoms with Gasteiger partial charge in [0.1, 0.15) is 12.4 Å². The molecule has 2 heteroatoms. The summed E-state index contributed by atoms with van der Waals surface area (Å²) in [7, 11) is 1.65. The quantitative estimate of drug-likeness (QED) is 0.607. The summed E-state index contributed by atoms with van der Waals surface area (Å²) in [6, 6.07) is 10.3. The summed E-state index contributed by atoms with van der Waals surface area (Å²) in [5.74, 6) is 0.838. The van der Waals surface area contributed by atoms with E-state index in [4.69, 9.17) is 9.47 Å². The van der Waals surface area contributed by atoms with Gasteiger partial charge in [-0.05, 0) is 18.2 Å². The van der Waals surface area contributed by atoms with Gasteiger partial charge in [-0.2, -0.15) is 0 Å². The number of hydrogen-bond acceptors (Lipinski definition) is 2. The van der Waals surface area contributed by atoms with Crippen LogP contribution in [0.3, 0.4) is 0 Å². The molecule has 0 saturated heterocycles. The number of rotatable bonds is 4. The minimum Gasteiger partial charge on any atom is -0.491 e. The highest BCUT2D eigenvalue weighted by atomic mass is 16.5. The van der Waals surface area contributed by atoms with Crippen LogP contribution < -0.4 is 4.74 Å². The van der Waals surface area contributed by atoms with Crippen LogP contribution in [0, 0.1) is 6.07 Å². The summed E-state index contributed by atoms with van der Waals surface area (Å²) >= 11 is 0. The van der Waals surface area contributed by atoms with Gasteiger partial charge in [-0.3, -0.25) is 0 Å². The molecule has 1 radical (unpaired) electrons. The van der Waals surface area contributed by atoms with E-state index in [9.17, 15) is 0 Å². The summed E-state index contributed by atoms with van der Waals surface area (Å²) in [5.41, 5.74) is 0. The molecular weight excluding hydrogens is 140 g/mol. The monoisotopic (exact) mass is 151 g/mol. The van der Waals surface area contributed by atoms with Crippen LogP contribution in [-0.4, -0.2) is 20.3 Å². The average Bonchev–Trinajstić information content (AvgIpc) is 2.07. The van der Waals surface area contributed by atoms with Gasteiger partial charge in [0.25, 0.3) is 0 Å². The van der Waals surface area contributed by atoms with E-state index >= 15 is 0 Å². The van der Waals surface area contributed by atoms with Gasteiger partial charge in [0.05, 0.1) is 6.61 Å². The largest absolute Gasteiger partial charge is 0.491 e. The van der Waals surface area contributed by atoms with Crippen LogP contribution in [0.5, 0.6) is 5.75 Å². The normalized spacial score (nSPS) is 9.55. The van der Waals surface area contributed by atoms with Crippen LogP contribution in [0.2, 0.25) is 0 Å². The van der Waals surface area contributed by atoms with Crippen LogP contribution in [-0.2, 0) is 4.74 Å². The molecule has 1 aromatic carbocycles. The van der Waals surface area contributed by atoms with E-state index in [2.05, 4.69) is 6.07 Å². The maximum absolute atomic E-state index is 5.29. The number of methoxy groups -OCH3 is 1. The Morgan fingerprint density at radius 1 is 1.45 bits per heavy atom. The fraction of sp³-hybridized carbons (Fsp3) is 0.333. The van der Waals surface area contributed by atoms with Crippen molar-refractivity contribution in [3.05, 3.63) is 30.3 Å². The molecule has 0 aliphatic heterocycles. The second kappa shape index (κ2) is 4.74. The average molecular weight is 151 g/mol. The first-order chi connectivity index (χ1) is 5.43. The van der Waals surface area contributed by atoms with E-state index in [-0.39, 0.29) is 0 Å². The van der Waals surface area contributed by atoms with Crippen molar-refractivity contribution in [1.29, 1.82) is 0 Å². The molecular formula is C9H11O2. The molecule has 0 spiro atoms. The molecule has 0 unspecified atom stereocenters. The molecule has 0 saturated carbocycles. The standard InChI is InChI=1S/C9H11O2/c1-10-7-8-11-9-5-3-2-4-6-9/h2-3,5-6H,7-8H2,1H3. The van der Waals surface area contributed by atoms with Crippen LogP contribution in [0.4, 0.5) is 0 Å². The number of ether oxygens (including phenoxy) is 2. The first-order valence-electron chi connectivity index (χ1n) is 3.51. The van der Waals surface area contributed by atoms with E-state index in [0.717, 1.165) is 5.75 Å². The zero-order valence-electron chi connectivity index (χ0n) is 6.54. The molecule has 59 valence electrons. The van der Waals surface area contributed by atoms with Crippen molar-refractivity contribution in [2.24, 2.45) is 0 Å². The van der Waals surface area contributed by atoms with Gasteiger partial charge in [-0.1, -0.05) is 12.1 Å². The maximum atomic E-state index is 5.29. The molecule has 0 heterocycles. The first kappa shape index (κ1) is 8.08. The Kier molecular flexibility index (Phi) is 3.48. The second-order valence-corrected chi connectivity index (χ2v) is 2.08. The molecule has 0 aliphatic rings. The molecule has 0 bridgehead atoms. The van der Waals surface area contributed by atoms with Gasteiger partial charge in [-0.15, -0.1) is 0 Å². The van der Waals surface area contributed by atoms with E-state index in [1.165, 1.54) is 0 Å².